The van der Waals surface area contributed by atoms with Gasteiger partial charge in [0, 0.05) is 0 Å². The Morgan fingerprint density at radius 1 is 1.12 bits per heavy atom. The summed E-state index contributed by atoms with van der Waals surface area (Å²) in [5, 5.41) is 3.23. The minimum absolute atomic E-state index is 0.241. The van der Waals surface area contributed by atoms with Crippen molar-refractivity contribution in [1.29, 1.82) is 0 Å². The summed E-state index contributed by atoms with van der Waals surface area (Å²) in [6, 6.07) is 16.3. The summed E-state index contributed by atoms with van der Waals surface area (Å²) in [4.78, 5) is 28.8. The average molecular weight is 338 g/mol. The molecular weight excluding hydrogens is 324 g/mol. The van der Waals surface area contributed by atoms with Crippen molar-refractivity contribution in [2.45, 2.75) is 0 Å². The largest absolute Gasteiger partial charge is 0.465 e. The summed E-state index contributed by atoms with van der Waals surface area (Å²) < 4.78 is 4.77. The SMILES string of the molecule is COC(=O)c1ccccc1/C=C1\SC(=Nc2ccccc2)NC1=O. The number of amidine groups is 1. The molecule has 5 nitrogen and oxygen atoms in total. The van der Waals surface area contributed by atoms with Crippen LogP contribution in [0.15, 0.2) is 64.5 Å². The summed E-state index contributed by atoms with van der Waals surface area (Å²) >= 11 is 1.23. The molecule has 1 fully saturated rings. The summed E-state index contributed by atoms with van der Waals surface area (Å²) in [6.07, 6.45) is 1.67. The van der Waals surface area contributed by atoms with Gasteiger partial charge in [0.2, 0.25) is 0 Å². The van der Waals surface area contributed by atoms with Crippen molar-refractivity contribution in [3.63, 3.8) is 0 Å². The predicted molar refractivity (Wildman–Crippen MR) is 95.0 cm³/mol. The van der Waals surface area contributed by atoms with E-state index < -0.39 is 5.97 Å². The number of hydrogen-bond donors (Lipinski definition) is 1. The van der Waals surface area contributed by atoms with Crippen molar-refractivity contribution in [1.82, 2.24) is 5.32 Å². The lowest BCUT2D eigenvalue weighted by Gasteiger charge is -2.03. The Bertz CT molecular complexity index is 844. The Morgan fingerprint density at radius 2 is 1.83 bits per heavy atom. The lowest BCUT2D eigenvalue weighted by atomic mass is 10.1. The van der Waals surface area contributed by atoms with E-state index in [9.17, 15) is 9.59 Å². The first kappa shape index (κ1) is 16.0. The maximum absolute atomic E-state index is 12.1. The minimum Gasteiger partial charge on any atom is -0.465 e. The average Bonchev–Trinajstić information content (AvgIpc) is 2.94. The molecule has 120 valence electrons. The van der Waals surface area contributed by atoms with E-state index in [-0.39, 0.29) is 5.91 Å². The molecule has 1 heterocycles. The Labute approximate surface area is 143 Å². The number of para-hydroxylation sites is 1. The highest BCUT2D eigenvalue weighted by Gasteiger charge is 2.24. The fourth-order valence-electron chi connectivity index (χ4n) is 2.16. The fourth-order valence-corrected chi connectivity index (χ4v) is 2.99. The number of nitrogens with zero attached hydrogens (tertiary/aromatic N) is 1. The number of thioether (sulfide) groups is 1. The number of esters is 1. The highest BCUT2D eigenvalue weighted by molar-refractivity contribution is 8.18. The Morgan fingerprint density at radius 3 is 2.58 bits per heavy atom. The molecule has 0 atom stereocenters. The third-order valence-corrected chi connectivity index (χ3v) is 4.20. The number of ether oxygens (including phenoxy) is 1. The van der Waals surface area contributed by atoms with E-state index in [0.29, 0.717) is 21.2 Å². The zero-order valence-corrected chi connectivity index (χ0v) is 13.7. The maximum atomic E-state index is 12.1. The first-order valence-electron chi connectivity index (χ1n) is 7.19. The van der Waals surface area contributed by atoms with Gasteiger partial charge in [-0.15, -0.1) is 0 Å². The van der Waals surface area contributed by atoms with Gasteiger partial charge in [0.15, 0.2) is 5.17 Å². The van der Waals surface area contributed by atoms with Crippen LogP contribution in [0.25, 0.3) is 6.08 Å². The first-order chi connectivity index (χ1) is 11.7. The third kappa shape index (κ3) is 3.55. The molecule has 3 rings (SSSR count). The van der Waals surface area contributed by atoms with Crippen LogP contribution in [-0.2, 0) is 9.53 Å². The molecule has 2 aromatic carbocycles. The standard InChI is InChI=1S/C18H14N2O3S/c1-23-17(22)14-10-6-5-7-12(14)11-15-16(21)20-18(24-15)19-13-8-3-2-4-9-13/h2-11H,1H3,(H,19,20,21)/b15-11-. The monoisotopic (exact) mass is 338 g/mol. The molecule has 0 aliphatic carbocycles. The van der Waals surface area contributed by atoms with Gasteiger partial charge in [0.05, 0.1) is 23.3 Å². The zero-order valence-electron chi connectivity index (χ0n) is 12.9. The van der Waals surface area contributed by atoms with Crippen molar-refractivity contribution < 1.29 is 14.3 Å². The highest BCUT2D eigenvalue weighted by Crippen LogP contribution is 2.28. The molecule has 1 amide bonds. The van der Waals surface area contributed by atoms with E-state index >= 15 is 0 Å². The number of aliphatic imine (C=N–C) groups is 1. The molecule has 0 unspecified atom stereocenters. The molecule has 0 saturated carbocycles. The molecule has 1 aliphatic heterocycles. The van der Waals surface area contributed by atoms with E-state index in [1.807, 2.05) is 30.3 Å². The van der Waals surface area contributed by atoms with Gasteiger partial charge < -0.3 is 10.1 Å². The molecule has 1 N–H and O–H groups in total. The molecule has 0 bridgehead atoms. The van der Waals surface area contributed by atoms with Crippen LogP contribution in [-0.4, -0.2) is 24.2 Å². The van der Waals surface area contributed by atoms with Gasteiger partial charge >= 0.3 is 5.97 Å². The number of carbonyl (C=O) groups excluding carboxylic acids is 2. The summed E-state index contributed by atoms with van der Waals surface area (Å²) in [5.41, 5.74) is 1.80. The van der Waals surface area contributed by atoms with Crippen molar-refractivity contribution in [2.75, 3.05) is 7.11 Å². The molecule has 6 heteroatoms. The molecule has 1 saturated heterocycles. The number of carbonyl (C=O) groups is 2. The van der Waals surface area contributed by atoms with Crippen molar-refractivity contribution in [3.05, 3.63) is 70.6 Å². The van der Waals surface area contributed by atoms with Gasteiger partial charge in [-0.25, -0.2) is 9.79 Å². The Kier molecular flexibility index (Phi) is 4.77. The second-order valence-corrected chi connectivity index (χ2v) is 5.93. The van der Waals surface area contributed by atoms with Crippen molar-refractivity contribution in [2.24, 2.45) is 4.99 Å². The van der Waals surface area contributed by atoms with Gasteiger partial charge in [0.25, 0.3) is 5.91 Å². The van der Waals surface area contributed by atoms with Crippen LogP contribution >= 0.6 is 11.8 Å². The van der Waals surface area contributed by atoms with Crippen LogP contribution in [0.3, 0.4) is 0 Å². The van der Waals surface area contributed by atoms with Crippen LogP contribution in [0.1, 0.15) is 15.9 Å². The van der Waals surface area contributed by atoms with Crippen molar-refractivity contribution in [3.8, 4) is 0 Å². The second-order valence-electron chi connectivity index (χ2n) is 4.90. The third-order valence-electron chi connectivity index (χ3n) is 3.29. The number of rotatable bonds is 3. The van der Waals surface area contributed by atoms with Crippen LogP contribution in [0, 0.1) is 0 Å². The van der Waals surface area contributed by atoms with Gasteiger partial charge in [-0.2, -0.15) is 0 Å². The fraction of sp³-hybridized carbons (Fsp3) is 0.0556. The molecular formula is C18H14N2O3S. The first-order valence-corrected chi connectivity index (χ1v) is 8.01. The maximum Gasteiger partial charge on any atom is 0.338 e. The lowest BCUT2D eigenvalue weighted by Crippen LogP contribution is -2.19. The molecule has 24 heavy (non-hydrogen) atoms. The number of benzene rings is 2. The van der Waals surface area contributed by atoms with E-state index in [1.54, 1.807) is 30.3 Å². The summed E-state index contributed by atoms with van der Waals surface area (Å²) in [5.74, 6) is -0.682. The van der Waals surface area contributed by atoms with Crippen LogP contribution < -0.4 is 5.32 Å². The summed E-state index contributed by atoms with van der Waals surface area (Å²) in [6.45, 7) is 0. The smallest absolute Gasteiger partial charge is 0.338 e. The topological polar surface area (TPSA) is 67.8 Å². The predicted octanol–water partition coefficient (Wildman–Crippen LogP) is 3.36. The van der Waals surface area contributed by atoms with E-state index in [1.165, 1.54) is 18.9 Å². The van der Waals surface area contributed by atoms with E-state index in [0.717, 1.165) is 5.69 Å². The van der Waals surface area contributed by atoms with Crippen molar-refractivity contribution >= 4 is 40.6 Å². The zero-order chi connectivity index (χ0) is 16.9. The van der Waals surface area contributed by atoms with Crippen LogP contribution in [0.2, 0.25) is 0 Å². The normalized spacial score (nSPS) is 17.1. The number of hydrogen-bond acceptors (Lipinski definition) is 5. The van der Waals surface area contributed by atoms with Gasteiger partial charge in [-0.3, -0.25) is 4.79 Å². The molecule has 1 aliphatic rings. The van der Waals surface area contributed by atoms with Gasteiger partial charge in [-0.1, -0.05) is 36.4 Å². The van der Waals surface area contributed by atoms with Crippen LogP contribution in [0.4, 0.5) is 5.69 Å². The van der Waals surface area contributed by atoms with E-state index in [2.05, 4.69) is 10.3 Å². The minimum atomic E-state index is -0.441. The Balaban J connectivity index is 1.89. The number of amides is 1. The molecule has 0 radical (unpaired) electrons. The number of nitrogens with one attached hydrogen (secondary N) is 1. The highest BCUT2D eigenvalue weighted by atomic mass is 32.2. The quantitative estimate of drug-likeness (QED) is 0.688. The molecule has 2 aromatic rings. The second kappa shape index (κ2) is 7.14. The van der Waals surface area contributed by atoms with Gasteiger partial charge in [-0.05, 0) is 41.6 Å². The van der Waals surface area contributed by atoms with Crippen LogP contribution in [0.5, 0.6) is 0 Å². The molecule has 0 aromatic heterocycles. The summed E-state index contributed by atoms with van der Waals surface area (Å²) in [7, 11) is 1.33. The Hall–Kier alpha value is -2.86. The molecule has 0 spiro atoms. The van der Waals surface area contributed by atoms with E-state index in [4.69, 9.17) is 4.74 Å². The lowest BCUT2D eigenvalue weighted by molar-refractivity contribution is -0.115. The van der Waals surface area contributed by atoms with Gasteiger partial charge in [0.1, 0.15) is 0 Å². The number of methoxy groups -OCH3 is 1.